The van der Waals surface area contributed by atoms with E-state index in [4.69, 9.17) is 11.6 Å². The van der Waals surface area contributed by atoms with Crippen molar-refractivity contribution in [2.45, 2.75) is 71.1 Å². The number of alkyl halides is 1. The summed E-state index contributed by atoms with van der Waals surface area (Å²) < 4.78 is 0. The van der Waals surface area contributed by atoms with Gasteiger partial charge in [0.2, 0.25) is 0 Å². The number of carbonyl (C=O) groups excluding carboxylic acids is 1. The fraction of sp³-hybridized carbons (Fsp3) is 0.850. The predicted octanol–water partition coefficient (Wildman–Crippen LogP) is 5.37. The largest absolute Gasteiger partial charge is 0.297 e. The number of allylic oxidation sites excluding steroid dienone is 2. The Morgan fingerprint density at radius 1 is 1.14 bits per heavy atom. The van der Waals surface area contributed by atoms with Crippen LogP contribution in [0.5, 0.6) is 0 Å². The third-order valence-corrected chi connectivity index (χ3v) is 8.42. The first-order chi connectivity index (χ1) is 10.4. The van der Waals surface area contributed by atoms with Crippen LogP contribution in [0.15, 0.2) is 11.6 Å². The molecule has 3 fully saturated rings. The molecular formula is C20H29ClO. The van der Waals surface area contributed by atoms with Gasteiger partial charge in [-0.15, -0.1) is 11.6 Å². The molecule has 4 aliphatic carbocycles. The summed E-state index contributed by atoms with van der Waals surface area (Å²) in [6.07, 6.45) is 11.0. The van der Waals surface area contributed by atoms with Gasteiger partial charge < -0.3 is 0 Å². The van der Waals surface area contributed by atoms with E-state index in [1.807, 2.05) is 0 Å². The monoisotopic (exact) mass is 320 g/mol. The van der Waals surface area contributed by atoms with E-state index in [-0.39, 0.29) is 10.8 Å². The minimum absolute atomic E-state index is 0.128. The normalized spacial score (nSPS) is 54.3. The van der Waals surface area contributed by atoms with E-state index < -0.39 is 0 Å². The van der Waals surface area contributed by atoms with Crippen LogP contribution >= 0.6 is 11.6 Å². The molecule has 0 aromatic heterocycles. The molecule has 0 amide bonds. The summed E-state index contributed by atoms with van der Waals surface area (Å²) in [7, 11) is 0. The van der Waals surface area contributed by atoms with Gasteiger partial charge in [0.05, 0.1) is 5.38 Å². The van der Waals surface area contributed by atoms with Crippen molar-refractivity contribution in [1.29, 1.82) is 0 Å². The molecule has 4 aliphatic rings. The lowest BCUT2D eigenvalue weighted by Gasteiger charge is -2.56. The average molecular weight is 321 g/mol. The fourth-order valence-corrected chi connectivity index (χ4v) is 7.03. The minimum atomic E-state index is -0.224. The van der Waals surface area contributed by atoms with Gasteiger partial charge in [-0.05, 0) is 74.0 Å². The molecule has 0 spiro atoms. The lowest BCUT2D eigenvalue weighted by molar-refractivity contribution is -0.131. The molecule has 0 saturated heterocycles. The summed E-state index contributed by atoms with van der Waals surface area (Å²) in [5, 5.41) is -0.224. The van der Waals surface area contributed by atoms with Crippen LogP contribution in [0.1, 0.15) is 65.7 Å². The number of ketones is 1. The quantitative estimate of drug-likeness (QED) is 0.433. The molecule has 7 atom stereocenters. The number of rotatable bonds is 0. The van der Waals surface area contributed by atoms with Gasteiger partial charge in [-0.1, -0.05) is 32.4 Å². The molecule has 1 nitrogen and oxygen atoms in total. The molecule has 0 heterocycles. The zero-order valence-electron chi connectivity index (χ0n) is 14.2. The summed E-state index contributed by atoms with van der Waals surface area (Å²) in [6, 6.07) is 0. The molecule has 0 unspecified atom stereocenters. The topological polar surface area (TPSA) is 17.1 Å². The van der Waals surface area contributed by atoms with Crippen LogP contribution in [-0.2, 0) is 4.79 Å². The minimum Gasteiger partial charge on any atom is -0.297 e. The van der Waals surface area contributed by atoms with Gasteiger partial charge in [0.1, 0.15) is 0 Å². The number of hydrogen-bond donors (Lipinski definition) is 0. The van der Waals surface area contributed by atoms with E-state index in [0.29, 0.717) is 23.0 Å². The van der Waals surface area contributed by atoms with Crippen molar-refractivity contribution in [2.24, 2.45) is 34.5 Å². The Hall–Kier alpha value is -0.300. The molecule has 0 radical (unpaired) electrons. The van der Waals surface area contributed by atoms with Crippen molar-refractivity contribution < 1.29 is 4.79 Å². The average Bonchev–Trinajstić information content (AvgIpc) is 2.72. The molecule has 4 rings (SSSR count). The van der Waals surface area contributed by atoms with Crippen LogP contribution < -0.4 is 0 Å². The Morgan fingerprint density at radius 3 is 2.64 bits per heavy atom. The zero-order chi connectivity index (χ0) is 15.7. The highest BCUT2D eigenvalue weighted by Gasteiger charge is 2.60. The molecule has 2 heteroatoms. The van der Waals surface area contributed by atoms with Crippen molar-refractivity contribution in [2.75, 3.05) is 0 Å². The van der Waals surface area contributed by atoms with E-state index in [2.05, 4.69) is 26.8 Å². The number of hydrogen-bond acceptors (Lipinski definition) is 1. The summed E-state index contributed by atoms with van der Waals surface area (Å²) in [5.41, 5.74) is 2.02. The van der Waals surface area contributed by atoms with Gasteiger partial charge >= 0.3 is 0 Å². The molecule has 0 aromatic carbocycles. The van der Waals surface area contributed by atoms with Gasteiger partial charge in [-0.25, -0.2) is 0 Å². The lowest BCUT2D eigenvalue weighted by Crippen LogP contribution is -2.50. The van der Waals surface area contributed by atoms with Crippen molar-refractivity contribution >= 4 is 17.4 Å². The third kappa shape index (κ3) is 1.87. The maximum Gasteiger partial charge on any atom is 0.156 e. The highest BCUT2D eigenvalue weighted by atomic mass is 35.5. The molecule has 122 valence electrons. The SMILES string of the molecule is C[C@H]1CC[C@@]2(C)C(=CC[C@@H]3[C@@H]2CC[C@]2(C)C(=O)[C@H](Cl)C[C@@H]32)C1. The van der Waals surface area contributed by atoms with Crippen LogP contribution in [-0.4, -0.2) is 11.2 Å². The third-order valence-electron chi connectivity index (χ3n) is 8.05. The molecule has 0 N–H and O–H groups in total. The second-order valence-electron chi connectivity index (χ2n) is 9.13. The number of Topliss-reactive ketones (excluding diaryl/α,β-unsaturated/α-hetero) is 1. The van der Waals surface area contributed by atoms with Gasteiger partial charge in [-0.3, -0.25) is 4.79 Å². The summed E-state index contributed by atoms with van der Waals surface area (Å²) in [4.78, 5) is 12.6. The van der Waals surface area contributed by atoms with Crippen LogP contribution in [0.2, 0.25) is 0 Å². The molecule has 3 saturated carbocycles. The summed E-state index contributed by atoms with van der Waals surface area (Å²) in [6.45, 7) is 7.14. The van der Waals surface area contributed by atoms with Crippen molar-refractivity contribution in [3.05, 3.63) is 11.6 Å². The highest BCUT2D eigenvalue weighted by molar-refractivity contribution is 6.32. The second-order valence-corrected chi connectivity index (χ2v) is 9.66. The van der Waals surface area contributed by atoms with Crippen molar-refractivity contribution in [3.8, 4) is 0 Å². The Kier molecular flexibility index (Phi) is 3.36. The maximum atomic E-state index is 12.6. The Labute approximate surface area is 139 Å². The number of carbonyl (C=O) groups is 1. The predicted molar refractivity (Wildman–Crippen MR) is 90.9 cm³/mol. The maximum absolute atomic E-state index is 12.6. The van der Waals surface area contributed by atoms with Crippen molar-refractivity contribution in [1.82, 2.24) is 0 Å². The van der Waals surface area contributed by atoms with Crippen LogP contribution in [0, 0.1) is 34.5 Å². The fourth-order valence-electron chi connectivity index (χ4n) is 6.59. The number of halogens is 1. The van der Waals surface area contributed by atoms with E-state index in [0.717, 1.165) is 24.7 Å². The van der Waals surface area contributed by atoms with E-state index >= 15 is 0 Å². The Morgan fingerprint density at radius 2 is 1.86 bits per heavy atom. The standard InChI is InChI=1S/C20H29ClO/c1-12-6-8-19(2)13(10-12)4-5-14-15(19)7-9-20(3)16(14)11-17(21)18(20)22/h4,12,14-17H,5-11H2,1-3H3/t12-,14+,15-,16-,17+,19-,20-/m0/s1. The first-order valence-corrected chi connectivity index (χ1v) is 9.68. The van der Waals surface area contributed by atoms with Gasteiger partial charge in [0, 0.05) is 5.41 Å². The summed E-state index contributed by atoms with van der Waals surface area (Å²) in [5.74, 6) is 3.19. The second kappa shape index (κ2) is 4.85. The molecule has 0 aromatic rings. The van der Waals surface area contributed by atoms with Crippen LogP contribution in [0.25, 0.3) is 0 Å². The molecule has 0 aliphatic heterocycles. The smallest absolute Gasteiger partial charge is 0.156 e. The molecular weight excluding hydrogens is 292 g/mol. The summed E-state index contributed by atoms with van der Waals surface area (Å²) >= 11 is 6.38. The van der Waals surface area contributed by atoms with E-state index in [9.17, 15) is 4.79 Å². The van der Waals surface area contributed by atoms with Gasteiger partial charge in [0.15, 0.2) is 5.78 Å². The Balaban J connectivity index is 1.70. The Bertz CT molecular complexity index is 538. The molecule has 0 bridgehead atoms. The van der Waals surface area contributed by atoms with E-state index in [1.165, 1.54) is 32.1 Å². The van der Waals surface area contributed by atoms with Crippen LogP contribution in [0.3, 0.4) is 0 Å². The van der Waals surface area contributed by atoms with Gasteiger partial charge in [0.25, 0.3) is 0 Å². The van der Waals surface area contributed by atoms with Gasteiger partial charge in [-0.2, -0.15) is 0 Å². The molecule has 22 heavy (non-hydrogen) atoms. The van der Waals surface area contributed by atoms with Crippen LogP contribution in [0.4, 0.5) is 0 Å². The number of fused-ring (bicyclic) bond motifs is 5. The highest BCUT2D eigenvalue weighted by Crippen LogP contribution is 2.64. The van der Waals surface area contributed by atoms with E-state index in [1.54, 1.807) is 5.57 Å². The first kappa shape index (κ1) is 15.2. The first-order valence-electron chi connectivity index (χ1n) is 9.24. The lowest BCUT2D eigenvalue weighted by atomic mass is 9.47. The van der Waals surface area contributed by atoms with Crippen molar-refractivity contribution in [3.63, 3.8) is 0 Å². The zero-order valence-corrected chi connectivity index (χ0v) is 15.0.